The first-order valence-electron chi connectivity index (χ1n) is 9.25. The van der Waals surface area contributed by atoms with Gasteiger partial charge in [0.15, 0.2) is 0 Å². The van der Waals surface area contributed by atoms with E-state index in [1.54, 1.807) is 13.2 Å². The van der Waals surface area contributed by atoms with E-state index in [0.29, 0.717) is 8.58 Å². The largest absolute Gasteiger partial charge is 0.496 e. The van der Waals surface area contributed by atoms with Crippen molar-refractivity contribution in [2.24, 2.45) is 0 Å². The summed E-state index contributed by atoms with van der Waals surface area (Å²) < 4.78 is 20.4. The van der Waals surface area contributed by atoms with Gasteiger partial charge in [-0.3, -0.25) is 0 Å². The Morgan fingerprint density at radius 3 is 2.08 bits per heavy atom. The Morgan fingerprint density at radius 2 is 1.58 bits per heavy atom. The molecule has 2 rings (SSSR count). The van der Waals surface area contributed by atoms with Crippen molar-refractivity contribution in [3.05, 3.63) is 58.4 Å². The topological polar surface area (TPSA) is 9.23 Å². The molecule has 0 saturated carbocycles. The van der Waals surface area contributed by atoms with Crippen LogP contribution in [0, 0.1) is 19.7 Å². The lowest BCUT2D eigenvalue weighted by atomic mass is 9.81. The van der Waals surface area contributed by atoms with Crippen LogP contribution >= 0.6 is 8.58 Å². The zero-order valence-corrected chi connectivity index (χ0v) is 18.4. The predicted octanol–water partition coefficient (Wildman–Crippen LogP) is 6.38. The second-order valence-corrected chi connectivity index (χ2v) is 10.3. The normalized spacial score (nSPS) is 14.7. The summed E-state index contributed by atoms with van der Waals surface area (Å²) in [6, 6.07) is 10.00. The minimum atomic E-state index is -0.173. The van der Waals surface area contributed by atoms with Crippen LogP contribution in [-0.2, 0) is 10.6 Å². The summed E-state index contributed by atoms with van der Waals surface area (Å²) >= 11 is 0. The highest BCUT2D eigenvalue weighted by Gasteiger charge is 2.33. The van der Waals surface area contributed by atoms with Crippen LogP contribution in [0.3, 0.4) is 0 Å². The van der Waals surface area contributed by atoms with Crippen molar-refractivity contribution in [2.75, 3.05) is 7.11 Å². The molecule has 2 atom stereocenters. The molecule has 0 saturated heterocycles. The first-order chi connectivity index (χ1) is 12.0. The third kappa shape index (κ3) is 4.29. The number of hydrogen-bond acceptors (Lipinski definition) is 1. The maximum atomic E-state index is 14.5. The van der Waals surface area contributed by atoms with Gasteiger partial charge in [0.2, 0.25) is 0 Å². The molecular weight excluding hydrogens is 342 g/mol. The molecule has 0 bridgehead atoms. The zero-order valence-electron chi connectivity index (χ0n) is 17.4. The summed E-state index contributed by atoms with van der Waals surface area (Å²) in [7, 11) is 2.09. The summed E-state index contributed by atoms with van der Waals surface area (Å²) in [6.07, 6.45) is 0.919. The third-order valence-electron chi connectivity index (χ3n) is 5.08. The maximum absolute atomic E-state index is 14.5. The molecule has 142 valence electrons. The highest BCUT2D eigenvalue weighted by molar-refractivity contribution is 7.48. The van der Waals surface area contributed by atoms with Gasteiger partial charge in [-0.15, -0.1) is 0 Å². The van der Waals surface area contributed by atoms with E-state index >= 15 is 0 Å². The van der Waals surface area contributed by atoms with E-state index in [1.165, 1.54) is 16.7 Å². The molecule has 0 radical (unpaired) electrons. The lowest BCUT2D eigenvalue weighted by Gasteiger charge is -2.34. The molecule has 26 heavy (non-hydrogen) atoms. The van der Waals surface area contributed by atoms with Crippen LogP contribution < -0.4 is 10.0 Å². The van der Waals surface area contributed by atoms with Crippen molar-refractivity contribution < 1.29 is 9.13 Å². The Balaban J connectivity index is 2.63. The molecule has 0 spiro atoms. The van der Waals surface area contributed by atoms with Gasteiger partial charge in [-0.05, 0) is 37.3 Å². The Hall–Kier alpha value is -1.40. The average molecular weight is 374 g/mol. The highest BCUT2D eigenvalue weighted by Crippen LogP contribution is 2.50. The third-order valence-corrected chi connectivity index (χ3v) is 6.93. The molecule has 0 aromatic heterocycles. The molecular formula is C23H32FOP. The van der Waals surface area contributed by atoms with Crippen LogP contribution in [0.2, 0.25) is 0 Å². The number of ether oxygens (including phenoxy) is 1. The van der Waals surface area contributed by atoms with Crippen LogP contribution in [0.15, 0.2) is 30.3 Å². The van der Waals surface area contributed by atoms with Crippen molar-refractivity contribution >= 4 is 13.9 Å². The van der Waals surface area contributed by atoms with E-state index < -0.39 is 0 Å². The summed E-state index contributed by atoms with van der Waals surface area (Å²) in [4.78, 5) is 0. The van der Waals surface area contributed by atoms with Gasteiger partial charge in [-0.25, -0.2) is 4.39 Å². The molecule has 2 aromatic carbocycles. The molecule has 1 nitrogen and oxygen atoms in total. The van der Waals surface area contributed by atoms with Crippen LogP contribution in [0.1, 0.15) is 63.3 Å². The highest BCUT2D eigenvalue weighted by atomic mass is 31.1. The van der Waals surface area contributed by atoms with Gasteiger partial charge in [-0.2, -0.15) is 0 Å². The summed E-state index contributed by atoms with van der Waals surface area (Å²) in [5, 5.41) is 0.619. The molecule has 2 unspecified atom stereocenters. The van der Waals surface area contributed by atoms with Gasteiger partial charge in [0.05, 0.1) is 7.11 Å². The van der Waals surface area contributed by atoms with Gasteiger partial charge in [0, 0.05) is 21.6 Å². The van der Waals surface area contributed by atoms with Crippen molar-refractivity contribution in [2.45, 2.75) is 65.5 Å². The number of methoxy groups -OCH3 is 1. The Morgan fingerprint density at radius 1 is 0.962 bits per heavy atom. The number of rotatable bonds is 5. The van der Waals surface area contributed by atoms with Crippen molar-refractivity contribution in [1.82, 2.24) is 0 Å². The van der Waals surface area contributed by atoms with Gasteiger partial charge >= 0.3 is 0 Å². The number of benzene rings is 2. The Kier molecular flexibility index (Phi) is 6.18. The zero-order chi connectivity index (χ0) is 19.7. The molecule has 2 aromatic rings. The number of halogens is 1. The maximum Gasteiger partial charge on any atom is 0.130 e. The smallest absolute Gasteiger partial charge is 0.130 e. The number of aryl methyl sites for hydroxylation is 2. The standard InChI is InChI=1S/C23H32FOP/c1-9-23(7,26-20-11-10-15(2)14-19(20)24)18-13-16(3)12-17(21(18)25-8)22(4,5)6/h10-14,26H,9H2,1-8H3. The van der Waals surface area contributed by atoms with E-state index in [-0.39, 0.29) is 16.4 Å². The lowest BCUT2D eigenvalue weighted by molar-refractivity contribution is 0.386. The Bertz CT molecular complexity index is 792. The monoisotopic (exact) mass is 374 g/mol. The summed E-state index contributed by atoms with van der Waals surface area (Å²) in [6.45, 7) is 15.1. The van der Waals surface area contributed by atoms with Crippen molar-refractivity contribution in [1.29, 1.82) is 0 Å². The van der Waals surface area contributed by atoms with E-state index in [2.05, 4.69) is 53.7 Å². The van der Waals surface area contributed by atoms with E-state index in [0.717, 1.165) is 23.0 Å². The lowest BCUT2D eigenvalue weighted by Crippen LogP contribution is -2.23. The molecule has 0 N–H and O–H groups in total. The van der Waals surface area contributed by atoms with Crippen LogP contribution in [-0.4, -0.2) is 7.11 Å². The second kappa shape index (κ2) is 7.69. The summed E-state index contributed by atoms with van der Waals surface area (Å²) in [5.41, 5.74) is 4.56. The Labute approximate surface area is 160 Å². The predicted molar refractivity (Wildman–Crippen MR) is 113 cm³/mol. The van der Waals surface area contributed by atoms with Crippen molar-refractivity contribution in [3.8, 4) is 5.75 Å². The minimum Gasteiger partial charge on any atom is -0.496 e. The van der Waals surface area contributed by atoms with Crippen LogP contribution in [0.25, 0.3) is 0 Å². The fraction of sp³-hybridized carbons (Fsp3) is 0.478. The van der Waals surface area contributed by atoms with E-state index in [1.807, 2.05) is 19.1 Å². The molecule has 3 heteroatoms. The van der Waals surface area contributed by atoms with Gasteiger partial charge in [-0.1, -0.05) is 73.0 Å². The molecule has 0 heterocycles. The van der Waals surface area contributed by atoms with Gasteiger partial charge in [0.1, 0.15) is 11.6 Å². The summed E-state index contributed by atoms with van der Waals surface area (Å²) in [5.74, 6) is 0.846. The fourth-order valence-corrected chi connectivity index (χ4v) is 4.77. The van der Waals surface area contributed by atoms with Crippen molar-refractivity contribution in [3.63, 3.8) is 0 Å². The molecule has 0 aliphatic heterocycles. The van der Waals surface area contributed by atoms with Gasteiger partial charge in [0.25, 0.3) is 0 Å². The quantitative estimate of drug-likeness (QED) is 0.552. The first kappa shape index (κ1) is 20.9. The van der Waals surface area contributed by atoms with Gasteiger partial charge < -0.3 is 4.74 Å². The molecule has 0 amide bonds. The van der Waals surface area contributed by atoms with E-state index in [4.69, 9.17) is 4.74 Å². The van der Waals surface area contributed by atoms with Crippen LogP contribution in [0.4, 0.5) is 4.39 Å². The molecule has 0 fully saturated rings. The first-order valence-corrected chi connectivity index (χ1v) is 10.3. The molecule has 0 aliphatic rings. The minimum absolute atomic E-state index is 0.0149. The fourth-order valence-electron chi connectivity index (χ4n) is 3.32. The SMILES string of the molecule is CCC(C)(Pc1ccc(C)cc1F)c1cc(C)cc(C(C)(C)C)c1OC. The average Bonchev–Trinajstić information content (AvgIpc) is 2.55. The van der Waals surface area contributed by atoms with Crippen LogP contribution in [0.5, 0.6) is 5.75 Å². The molecule has 0 aliphatic carbocycles. The number of hydrogen-bond donors (Lipinski definition) is 0. The van der Waals surface area contributed by atoms with E-state index in [9.17, 15) is 4.39 Å². The second-order valence-electron chi connectivity index (χ2n) is 8.44.